The molecule has 1 atom stereocenters. The van der Waals surface area contributed by atoms with E-state index in [1.165, 1.54) is 6.07 Å². The summed E-state index contributed by atoms with van der Waals surface area (Å²) in [6.45, 7) is 12.6. The van der Waals surface area contributed by atoms with Gasteiger partial charge in [0.1, 0.15) is 23.1 Å². The van der Waals surface area contributed by atoms with Gasteiger partial charge in [0.15, 0.2) is 0 Å². The quantitative estimate of drug-likeness (QED) is 0.103. The molecule has 4 saturated heterocycles. The summed E-state index contributed by atoms with van der Waals surface area (Å²) >= 11 is 0. The molecule has 6 aromatic rings. The molecule has 0 radical (unpaired) electrons. The number of nitrogens with one attached hydrogen (secondary N) is 2. The van der Waals surface area contributed by atoms with Gasteiger partial charge in [-0.1, -0.05) is 42.5 Å². The fraction of sp³-hybridized carbons (Fsp3) is 0.441. The molecular formula is C59H70FN11O7. The lowest BCUT2D eigenvalue weighted by Gasteiger charge is -2.39. The number of halogens is 1. The van der Waals surface area contributed by atoms with Crippen LogP contribution in [0.2, 0.25) is 0 Å². The van der Waals surface area contributed by atoms with Gasteiger partial charge in [0, 0.05) is 120 Å². The smallest absolute Gasteiger partial charge is 0.272 e. The van der Waals surface area contributed by atoms with Crippen LogP contribution in [0.15, 0.2) is 102 Å². The number of nitrogens with zero attached hydrogens (tertiary/aromatic N) is 9. The van der Waals surface area contributed by atoms with E-state index in [1.54, 1.807) is 48.5 Å². The molecule has 10 rings (SSSR count). The Kier molecular flexibility index (Phi) is 17.5. The van der Waals surface area contributed by atoms with Crippen molar-refractivity contribution in [3.05, 3.63) is 141 Å². The first kappa shape index (κ1) is 53.9. The number of H-pyrrole nitrogens is 1. The Morgan fingerprint density at radius 2 is 1.56 bits per heavy atom. The lowest BCUT2D eigenvalue weighted by Crippen LogP contribution is -2.53. The third-order valence-corrected chi connectivity index (χ3v) is 15.7. The van der Waals surface area contributed by atoms with Gasteiger partial charge in [-0.3, -0.25) is 29.0 Å². The second kappa shape index (κ2) is 25.3. The number of aromatic nitrogens is 4. The first-order valence-electron chi connectivity index (χ1n) is 27.5. The van der Waals surface area contributed by atoms with Crippen LogP contribution in [0.1, 0.15) is 71.3 Å². The van der Waals surface area contributed by atoms with Crippen molar-refractivity contribution in [3.63, 3.8) is 0 Å². The normalized spacial score (nSPS) is 17.8. The highest BCUT2D eigenvalue weighted by Crippen LogP contribution is 2.32. The zero-order valence-corrected chi connectivity index (χ0v) is 44.7. The van der Waals surface area contributed by atoms with Gasteiger partial charge in [-0.05, 0) is 99.1 Å². The molecule has 4 aromatic carbocycles. The molecule has 3 amide bonds. The molecule has 0 aliphatic carbocycles. The van der Waals surface area contributed by atoms with Crippen molar-refractivity contribution < 1.29 is 33.0 Å². The third-order valence-electron chi connectivity index (χ3n) is 15.7. The van der Waals surface area contributed by atoms with E-state index < -0.39 is 11.7 Å². The maximum atomic E-state index is 15.1. The number of carbonyl (C=O) groups is 3. The lowest BCUT2D eigenvalue weighted by molar-refractivity contribution is -0.134. The van der Waals surface area contributed by atoms with Gasteiger partial charge in [-0.2, -0.15) is 10.1 Å². The Bertz CT molecular complexity index is 3120. The first-order valence-corrected chi connectivity index (χ1v) is 27.5. The predicted molar refractivity (Wildman–Crippen MR) is 295 cm³/mol. The molecule has 0 saturated carbocycles. The molecule has 19 heteroatoms. The van der Waals surface area contributed by atoms with Crippen LogP contribution in [0.4, 0.5) is 10.3 Å². The van der Waals surface area contributed by atoms with E-state index in [1.807, 2.05) is 59.2 Å². The van der Waals surface area contributed by atoms with Crippen molar-refractivity contribution >= 4 is 34.4 Å². The second-order valence-electron chi connectivity index (χ2n) is 20.8. The van der Waals surface area contributed by atoms with E-state index in [-0.39, 0.29) is 35.4 Å². The number of amides is 3. The van der Waals surface area contributed by atoms with E-state index in [0.717, 1.165) is 101 Å². The molecule has 0 bridgehead atoms. The SMILES string of the molecule is CCOc1cc(OC)ccc1CNCC(=O)N1CCCC(c2cccc(Oc3ccnc(N4CCN(CC5CCN(CC(=O)N6CCN(C(=O)c7cc(Cc8n[nH]c(=O)c9ccccc89)ccc7F)CC6)CC5)CC4)n3)c2)C1. The zero-order chi connectivity index (χ0) is 54.0. The number of carbonyl (C=O) groups excluding carboxylic acids is 3. The highest BCUT2D eigenvalue weighted by atomic mass is 19.1. The van der Waals surface area contributed by atoms with E-state index in [0.29, 0.717) is 104 Å². The average Bonchev–Trinajstić information content (AvgIpc) is 3.47. The number of ether oxygens (including phenoxy) is 3. The molecule has 4 fully saturated rings. The number of rotatable bonds is 18. The Labute approximate surface area is 454 Å². The summed E-state index contributed by atoms with van der Waals surface area (Å²) in [5.74, 6) is 3.20. The maximum absolute atomic E-state index is 15.1. The summed E-state index contributed by atoms with van der Waals surface area (Å²) in [4.78, 5) is 74.6. The third kappa shape index (κ3) is 13.3. The molecule has 4 aliphatic heterocycles. The number of likely N-dealkylation sites (tertiary alicyclic amines) is 2. The van der Waals surface area contributed by atoms with Gasteiger partial charge in [0.25, 0.3) is 11.5 Å². The highest BCUT2D eigenvalue weighted by molar-refractivity contribution is 5.95. The summed E-state index contributed by atoms with van der Waals surface area (Å²) in [7, 11) is 1.63. The Morgan fingerprint density at radius 3 is 2.36 bits per heavy atom. The fourth-order valence-corrected chi connectivity index (χ4v) is 11.3. The van der Waals surface area contributed by atoms with E-state index in [2.05, 4.69) is 47.3 Å². The Balaban J connectivity index is 0.628. The van der Waals surface area contributed by atoms with Gasteiger partial charge >= 0.3 is 0 Å². The van der Waals surface area contributed by atoms with Crippen LogP contribution in [0.3, 0.4) is 0 Å². The number of piperazine rings is 2. The van der Waals surface area contributed by atoms with Crippen LogP contribution in [0.5, 0.6) is 23.1 Å². The van der Waals surface area contributed by atoms with E-state index in [9.17, 15) is 19.2 Å². The lowest BCUT2D eigenvalue weighted by atomic mass is 9.90. The molecular weight excluding hydrogens is 994 g/mol. The predicted octanol–water partition coefficient (Wildman–Crippen LogP) is 5.96. The van der Waals surface area contributed by atoms with Crippen molar-refractivity contribution in [2.75, 3.05) is 117 Å². The number of benzene rings is 4. The van der Waals surface area contributed by atoms with Crippen LogP contribution >= 0.6 is 0 Å². The molecule has 6 heterocycles. The number of hydrogen-bond donors (Lipinski definition) is 2. The number of piperidine rings is 2. The summed E-state index contributed by atoms with van der Waals surface area (Å²) in [5.41, 5.74) is 3.15. The van der Waals surface area contributed by atoms with Crippen molar-refractivity contribution in [2.45, 2.75) is 51.5 Å². The minimum Gasteiger partial charge on any atom is -0.497 e. The van der Waals surface area contributed by atoms with Crippen molar-refractivity contribution in [1.29, 1.82) is 0 Å². The minimum absolute atomic E-state index is 0.0149. The van der Waals surface area contributed by atoms with Crippen LogP contribution in [0, 0.1) is 11.7 Å². The molecule has 410 valence electrons. The summed E-state index contributed by atoms with van der Waals surface area (Å²) in [6.07, 6.45) is 6.03. The van der Waals surface area contributed by atoms with Gasteiger partial charge in [-0.25, -0.2) is 14.5 Å². The summed E-state index contributed by atoms with van der Waals surface area (Å²) in [6, 6.07) is 27.4. The molecule has 4 aliphatic rings. The van der Waals surface area contributed by atoms with Crippen LogP contribution in [-0.2, 0) is 22.6 Å². The number of anilines is 1. The van der Waals surface area contributed by atoms with Crippen molar-refractivity contribution in [3.8, 4) is 23.1 Å². The Hall–Kier alpha value is -7.48. The number of methoxy groups -OCH3 is 1. The summed E-state index contributed by atoms with van der Waals surface area (Å²) in [5, 5.41) is 11.3. The molecule has 2 N–H and O–H groups in total. The average molecular weight is 1060 g/mol. The molecule has 18 nitrogen and oxygen atoms in total. The second-order valence-corrected chi connectivity index (χ2v) is 20.8. The van der Waals surface area contributed by atoms with Crippen LogP contribution in [-0.4, -0.2) is 174 Å². The van der Waals surface area contributed by atoms with Crippen molar-refractivity contribution in [2.24, 2.45) is 5.92 Å². The molecule has 78 heavy (non-hydrogen) atoms. The van der Waals surface area contributed by atoms with Gasteiger partial charge in [0.05, 0.1) is 43.4 Å². The highest BCUT2D eigenvalue weighted by Gasteiger charge is 2.31. The standard InChI is InChI=1S/C59H70FN11O7/c1-3-77-53-35-46(76-2)15-14-44(53)36-61-37-55(72)71-21-7-9-45(39-71)43-8-6-10-47(34-43)78-54-17-20-62-59(63-54)70-26-24-67(25-27-70)38-41-18-22-66(23-19-41)40-56(73)68-28-30-69(31-29-68)58(75)50-32-42(13-16-51(50)60)33-52-48-11-4-5-12-49(48)57(74)65-64-52/h4-6,8,10-17,20,32,34-35,41,45,61H,3,7,9,18-19,21-31,33,36-40H2,1-2H3,(H,65,74). The monoisotopic (exact) mass is 1060 g/mol. The number of fused-ring (bicyclic) bond motifs is 1. The molecule has 1 unspecified atom stereocenters. The molecule has 0 spiro atoms. The largest absolute Gasteiger partial charge is 0.497 e. The minimum atomic E-state index is -0.599. The zero-order valence-electron chi connectivity index (χ0n) is 44.7. The van der Waals surface area contributed by atoms with E-state index >= 15 is 4.39 Å². The molecule has 2 aromatic heterocycles. The topological polar surface area (TPSA) is 182 Å². The fourth-order valence-electron chi connectivity index (χ4n) is 11.3. The van der Waals surface area contributed by atoms with Gasteiger partial charge < -0.3 is 39.1 Å². The van der Waals surface area contributed by atoms with E-state index in [4.69, 9.17) is 19.2 Å². The number of hydrogen-bond acceptors (Lipinski definition) is 14. The first-order chi connectivity index (χ1) is 38.1. The van der Waals surface area contributed by atoms with Gasteiger partial charge in [0.2, 0.25) is 23.6 Å². The summed E-state index contributed by atoms with van der Waals surface area (Å²) < 4.78 is 32.6. The van der Waals surface area contributed by atoms with Gasteiger partial charge in [-0.15, -0.1) is 0 Å². The maximum Gasteiger partial charge on any atom is 0.272 e. The van der Waals surface area contributed by atoms with Crippen LogP contribution < -0.4 is 30.0 Å². The van der Waals surface area contributed by atoms with Crippen molar-refractivity contribution in [1.82, 2.24) is 50.0 Å². The van der Waals surface area contributed by atoms with Crippen LogP contribution in [0.25, 0.3) is 10.8 Å². The number of aromatic amines is 1. The Morgan fingerprint density at radius 1 is 0.769 bits per heavy atom.